The number of halogens is 1. The predicted octanol–water partition coefficient (Wildman–Crippen LogP) is 3.12. The van der Waals surface area contributed by atoms with Gasteiger partial charge in [-0.25, -0.2) is 9.97 Å². The van der Waals surface area contributed by atoms with Gasteiger partial charge < -0.3 is 4.74 Å². The zero-order valence-electron chi connectivity index (χ0n) is 10.5. The summed E-state index contributed by atoms with van der Waals surface area (Å²) in [6.07, 6.45) is 3.15. The standard InChI is InChI=1S/C13H11ClN4O/c1-8-5-9(14)3-4-11(8)19-13-10-6-17-18(2)12(10)15-7-16-13/h3-7H,1-2H3. The van der Waals surface area contributed by atoms with E-state index in [1.165, 1.54) is 6.33 Å². The maximum absolute atomic E-state index is 5.92. The highest BCUT2D eigenvalue weighted by Gasteiger charge is 2.11. The molecule has 0 atom stereocenters. The Balaban J connectivity index is 2.06. The van der Waals surface area contributed by atoms with Crippen LogP contribution in [0.2, 0.25) is 5.02 Å². The molecule has 0 unspecified atom stereocenters. The van der Waals surface area contributed by atoms with E-state index in [9.17, 15) is 0 Å². The molecule has 0 aliphatic carbocycles. The minimum atomic E-state index is 0.489. The molecule has 96 valence electrons. The van der Waals surface area contributed by atoms with Gasteiger partial charge in [0.2, 0.25) is 5.88 Å². The van der Waals surface area contributed by atoms with Crippen LogP contribution < -0.4 is 4.74 Å². The number of aromatic nitrogens is 4. The van der Waals surface area contributed by atoms with E-state index in [2.05, 4.69) is 15.1 Å². The van der Waals surface area contributed by atoms with Gasteiger partial charge in [-0.1, -0.05) is 11.6 Å². The summed E-state index contributed by atoms with van der Waals surface area (Å²) in [5.41, 5.74) is 1.68. The van der Waals surface area contributed by atoms with Crippen LogP contribution in [0.4, 0.5) is 0 Å². The van der Waals surface area contributed by atoms with Gasteiger partial charge in [-0.05, 0) is 30.7 Å². The molecule has 2 heterocycles. The van der Waals surface area contributed by atoms with E-state index in [-0.39, 0.29) is 0 Å². The monoisotopic (exact) mass is 274 g/mol. The van der Waals surface area contributed by atoms with Gasteiger partial charge in [-0.2, -0.15) is 5.10 Å². The van der Waals surface area contributed by atoms with Crippen molar-refractivity contribution < 1.29 is 4.74 Å². The molecule has 6 heteroatoms. The summed E-state index contributed by atoms with van der Waals surface area (Å²) in [5, 5.41) is 5.60. The Labute approximate surface area is 114 Å². The van der Waals surface area contributed by atoms with Crippen molar-refractivity contribution >= 4 is 22.6 Å². The maximum atomic E-state index is 5.92. The second-order valence-electron chi connectivity index (χ2n) is 4.20. The van der Waals surface area contributed by atoms with Crippen molar-refractivity contribution in [3.8, 4) is 11.6 Å². The second-order valence-corrected chi connectivity index (χ2v) is 4.63. The lowest BCUT2D eigenvalue weighted by atomic mass is 10.2. The lowest BCUT2D eigenvalue weighted by Gasteiger charge is -2.08. The largest absolute Gasteiger partial charge is 0.438 e. The summed E-state index contributed by atoms with van der Waals surface area (Å²) in [6, 6.07) is 5.45. The number of aryl methyl sites for hydroxylation is 2. The molecule has 2 aromatic heterocycles. The van der Waals surface area contributed by atoms with Crippen molar-refractivity contribution in [1.82, 2.24) is 19.7 Å². The number of hydrogen-bond donors (Lipinski definition) is 0. The van der Waals surface area contributed by atoms with E-state index in [4.69, 9.17) is 16.3 Å². The summed E-state index contributed by atoms with van der Waals surface area (Å²) in [6.45, 7) is 1.93. The molecule has 0 aliphatic heterocycles. The third-order valence-electron chi connectivity index (χ3n) is 2.84. The Morgan fingerprint density at radius 2 is 2.11 bits per heavy atom. The SMILES string of the molecule is Cc1cc(Cl)ccc1Oc1ncnc2c1cnn2C. The summed E-state index contributed by atoms with van der Waals surface area (Å²) in [5.74, 6) is 1.21. The van der Waals surface area contributed by atoms with Crippen LogP contribution in [0, 0.1) is 6.92 Å². The molecular formula is C13H11ClN4O. The molecule has 0 saturated carbocycles. The normalized spacial score (nSPS) is 10.9. The minimum Gasteiger partial charge on any atom is -0.438 e. The van der Waals surface area contributed by atoms with Crippen molar-refractivity contribution in [2.75, 3.05) is 0 Å². The number of benzene rings is 1. The number of fused-ring (bicyclic) bond motifs is 1. The van der Waals surface area contributed by atoms with Gasteiger partial charge >= 0.3 is 0 Å². The first kappa shape index (κ1) is 11.9. The first-order chi connectivity index (χ1) is 9.15. The molecule has 5 nitrogen and oxygen atoms in total. The number of ether oxygens (including phenoxy) is 1. The van der Waals surface area contributed by atoms with Crippen LogP contribution in [0.1, 0.15) is 5.56 Å². The lowest BCUT2D eigenvalue weighted by Crippen LogP contribution is -1.95. The Kier molecular flexibility index (Phi) is 2.83. The van der Waals surface area contributed by atoms with Crippen LogP contribution in [0.15, 0.2) is 30.7 Å². The average Bonchev–Trinajstić information content (AvgIpc) is 2.76. The molecule has 0 spiro atoms. The first-order valence-corrected chi connectivity index (χ1v) is 6.09. The summed E-state index contributed by atoms with van der Waals surface area (Å²) in [7, 11) is 1.83. The van der Waals surface area contributed by atoms with E-state index >= 15 is 0 Å². The molecule has 3 rings (SSSR count). The molecule has 0 saturated heterocycles. The molecule has 0 radical (unpaired) electrons. The zero-order valence-corrected chi connectivity index (χ0v) is 11.2. The van der Waals surface area contributed by atoms with Crippen molar-refractivity contribution in [3.63, 3.8) is 0 Å². The van der Waals surface area contributed by atoms with Gasteiger partial charge in [0.05, 0.1) is 6.20 Å². The second kappa shape index (κ2) is 4.51. The molecule has 0 aliphatic rings. The Bertz CT molecular complexity index is 753. The van der Waals surface area contributed by atoms with E-state index in [1.807, 2.05) is 26.1 Å². The quantitative estimate of drug-likeness (QED) is 0.720. The summed E-state index contributed by atoms with van der Waals surface area (Å²) < 4.78 is 7.51. The van der Waals surface area contributed by atoms with Crippen LogP contribution in [-0.4, -0.2) is 19.7 Å². The van der Waals surface area contributed by atoms with Crippen molar-refractivity contribution in [3.05, 3.63) is 41.3 Å². The lowest BCUT2D eigenvalue weighted by molar-refractivity contribution is 0.464. The first-order valence-electron chi connectivity index (χ1n) is 5.72. The third-order valence-corrected chi connectivity index (χ3v) is 3.07. The van der Waals surface area contributed by atoms with Crippen molar-refractivity contribution in [2.24, 2.45) is 7.05 Å². The maximum Gasteiger partial charge on any atom is 0.233 e. The van der Waals surface area contributed by atoms with Crippen molar-refractivity contribution in [2.45, 2.75) is 6.92 Å². The molecule has 3 aromatic rings. The predicted molar refractivity (Wildman–Crippen MR) is 72.6 cm³/mol. The van der Waals surface area contributed by atoms with Gasteiger partial charge in [0.15, 0.2) is 5.65 Å². The minimum absolute atomic E-state index is 0.489. The van der Waals surface area contributed by atoms with E-state index in [0.717, 1.165) is 16.6 Å². The molecular weight excluding hydrogens is 264 g/mol. The molecule has 1 aromatic carbocycles. The van der Waals surface area contributed by atoms with Gasteiger partial charge in [0, 0.05) is 12.1 Å². The number of nitrogens with zero attached hydrogens (tertiary/aromatic N) is 4. The van der Waals surface area contributed by atoms with Crippen LogP contribution in [0.25, 0.3) is 11.0 Å². The Morgan fingerprint density at radius 1 is 1.26 bits per heavy atom. The Morgan fingerprint density at radius 3 is 2.89 bits per heavy atom. The molecule has 0 amide bonds. The van der Waals surface area contributed by atoms with E-state index < -0.39 is 0 Å². The van der Waals surface area contributed by atoms with Gasteiger partial charge in [-0.15, -0.1) is 0 Å². The molecule has 0 N–H and O–H groups in total. The van der Waals surface area contributed by atoms with Gasteiger partial charge in [0.1, 0.15) is 17.5 Å². The van der Waals surface area contributed by atoms with Crippen LogP contribution in [-0.2, 0) is 7.05 Å². The fraction of sp³-hybridized carbons (Fsp3) is 0.154. The summed E-state index contributed by atoms with van der Waals surface area (Å²) in [4.78, 5) is 8.33. The van der Waals surface area contributed by atoms with Crippen LogP contribution >= 0.6 is 11.6 Å². The number of hydrogen-bond acceptors (Lipinski definition) is 4. The summed E-state index contributed by atoms with van der Waals surface area (Å²) >= 11 is 5.92. The highest BCUT2D eigenvalue weighted by atomic mass is 35.5. The van der Waals surface area contributed by atoms with Crippen molar-refractivity contribution in [1.29, 1.82) is 0 Å². The average molecular weight is 275 g/mol. The van der Waals surface area contributed by atoms with Gasteiger partial charge in [0.25, 0.3) is 0 Å². The fourth-order valence-electron chi connectivity index (χ4n) is 1.85. The topological polar surface area (TPSA) is 52.8 Å². The van der Waals surface area contributed by atoms with E-state index in [0.29, 0.717) is 16.7 Å². The van der Waals surface area contributed by atoms with Crippen LogP contribution in [0.3, 0.4) is 0 Å². The smallest absolute Gasteiger partial charge is 0.233 e. The molecule has 19 heavy (non-hydrogen) atoms. The Hall–Kier alpha value is -2.14. The fourth-order valence-corrected chi connectivity index (χ4v) is 2.08. The third kappa shape index (κ3) is 2.13. The number of rotatable bonds is 2. The highest BCUT2D eigenvalue weighted by Crippen LogP contribution is 2.29. The zero-order chi connectivity index (χ0) is 13.4. The van der Waals surface area contributed by atoms with Crippen LogP contribution in [0.5, 0.6) is 11.6 Å². The van der Waals surface area contributed by atoms with Gasteiger partial charge in [-0.3, -0.25) is 4.68 Å². The van der Waals surface area contributed by atoms with E-state index in [1.54, 1.807) is 16.9 Å². The molecule has 0 fully saturated rings. The molecule has 0 bridgehead atoms. The highest BCUT2D eigenvalue weighted by molar-refractivity contribution is 6.30.